The van der Waals surface area contributed by atoms with Gasteiger partial charge in [0.1, 0.15) is 17.9 Å². The van der Waals surface area contributed by atoms with E-state index in [4.69, 9.17) is 4.74 Å². The van der Waals surface area contributed by atoms with Gasteiger partial charge in [-0.05, 0) is 66.2 Å². The summed E-state index contributed by atoms with van der Waals surface area (Å²) in [7, 11) is 0. The molecule has 0 radical (unpaired) electrons. The second-order valence-corrected chi connectivity index (χ2v) is 20.1. The molecule has 3 unspecified atom stereocenters. The second kappa shape index (κ2) is 29.9. The Hall–Kier alpha value is -3.50. The first-order valence-corrected chi connectivity index (χ1v) is 24.3. The summed E-state index contributed by atoms with van der Waals surface area (Å²) >= 11 is 2.15. The number of hydrogen-bond donors (Lipinski definition) is 10. The minimum atomic E-state index is -1.85. The maximum Gasteiger partial charge on any atom is 0.327 e. The number of carboxylic acids is 2. The van der Waals surface area contributed by atoms with Crippen molar-refractivity contribution in [1.29, 1.82) is 0 Å². The minimum absolute atomic E-state index is 0.00160. The number of ketones is 1. The molecule has 0 heterocycles. The van der Waals surface area contributed by atoms with Gasteiger partial charge < -0.3 is 51.7 Å². The van der Waals surface area contributed by atoms with E-state index in [-0.39, 0.29) is 85.7 Å². The Morgan fingerprint density at radius 3 is 1.58 bits per heavy atom. The zero-order chi connectivity index (χ0) is 49.3. The summed E-state index contributed by atoms with van der Waals surface area (Å²) < 4.78 is 6.05. The van der Waals surface area contributed by atoms with Crippen LogP contribution >= 0.6 is 23.5 Å². The Bertz CT molecular complexity index is 1530. The van der Waals surface area contributed by atoms with Crippen molar-refractivity contribution in [3.05, 3.63) is 0 Å². The Kier molecular flexibility index (Phi) is 28.3. The fourth-order valence-electron chi connectivity index (χ4n) is 6.00. The highest BCUT2D eigenvalue weighted by atomic mass is 32.2. The lowest BCUT2D eigenvalue weighted by Crippen LogP contribution is -2.50. The van der Waals surface area contributed by atoms with E-state index in [0.29, 0.717) is 19.4 Å². The van der Waals surface area contributed by atoms with Crippen molar-refractivity contribution in [3.8, 4) is 0 Å². The fraction of sp³-hybridized carbons (Fsp3) is 0.814. The number of amides is 5. The Morgan fingerprint density at radius 2 is 1.09 bits per heavy atom. The molecule has 0 saturated carbocycles. The van der Waals surface area contributed by atoms with E-state index in [9.17, 15) is 58.8 Å². The van der Waals surface area contributed by atoms with Gasteiger partial charge in [-0.15, -0.1) is 23.5 Å². The monoisotopic (exact) mass is 951 g/mol. The summed E-state index contributed by atoms with van der Waals surface area (Å²) in [5.74, 6) is -4.77. The highest BCUT2D eigenvalue weighted by molar-refractivity contribution is 8.00. The predicted octanol–water partition coefficient (Wildman–Crippen LogP) is 1.61. The van der Waals surface area contributed by atoms with Crippen LogP contribution in [0.15, 0.2) is 0 Å². The maximum absolute atomic E-state index is 13.2. The molecule has 19 nitrogen and oxygen atoms in total. The van der Waals surface area contributed by atoms with E-state index in [2.05, 4.69) is 31.9 Å². The molecule has 10 N–H and O–H groups in total. The molecule has 0 aliphatic carbocycles. The van der Waals surface area contributed by atoms with Crippen LogP contribution < -0.4 is 31.9 Å². The molecule has 0 saturated heterocycles. The quantitative estimate of drug-likeness (QED) is 0.0399. The number of aliphatic hydroxyl groups excluding tert-OH is 2. The van der Waals surface area contributed by atoms with Crippen LogP contribution in [0.25, 0.3) is 0 Å². The number of rotatable bonds is 36. The number of hydrogen-bond acceptors (Lipinski definition) is 14. The van der Waals surface area contributed by atoms with Crippen LogP contribution in [0, 0.1) is 10.8 Å². The fourth-order valence-corrected chi connectivity index (χ4v) is 7.73. The molecule has 4 atom stereocenters. The van der Waals surface area contributed by atoms with Gasteiger partial charge in [0, 0.05) is 73.5 Å². The SMILES string of the molecule is CCC(C)(C)NC(CSCC(=O)NCCNC(=O)CCC(O)[C@H](O)C(=O)NCCNC(=O)CSCC(NC(=O)CCC(C)(C)OCCC(C)(C)C(=O)C(C)(CC)CC)C(=O)O)C(=O)O. The van der Waals surface area contributed by atoms with Crippen LogP contribution in [0.4, 0.5) is 0 Å². The molecule has 370 valence electrons. The van der Waals surface area contributed by atoms with Crippen LogP contribution in [-0.2, 0) is 43.1 Å². The molecule has 0 aromatic carbocycles. The summed E-state index contributed by atoms with van der Waals surface area (Å²) in [5, 5.41) is 55.1. The topological polar surface area (TPSA) is 299 Å². The molecule has 0 aliphatic rings. The van der Waals surface area contributed by atoms with Crippen LogP contribution in [-0.4, -0.2) is 159 Å². The summed E-state index contributed by atoms with van der Waals surface area (Å²) in [6, 6.07) is -2.06. The van der Waals surface area contributed by atoms with Gasteiger partial charge in [0.05, 0.1) is 23.2 Å². The molecule has 0 spiro atoms. The Labute approximate surface area is 387 Å². The summed E-state index contributed by atoms with van der Waals surface area (Å²) in [6.07, 6.45) is -0.817. The second-order valence-electron chi connectivity index (χ2n) is 18.0. The molecule has 5 amide bonds. The van der Waals surface area contributed by atoms with E-state index < -0.39 is 76.3 Å². The first-order valence-electron chi connectivity index (χ1n) is 22.0. The van der Waals surface area contributed by atoms with Gasteiger partial charge in [-0.25, -0.2) is 4.79 Å². The van der Waals surface area contributed by atoms with Crippen molar-refractivity contribution in [2.24, 2.45) is 10.8 Å². The van der Waals surface area contributed by atoms with Crippen LogP contribution in [0.2, 0.25) is 0 Å². The number of nitrogens with one attached hydrogen (secondary N) is 6. The van der Waals surface area contributed by atoms with Gasteiger partial charge in [-0.2, -0.15) is 0 Å². The van der Waals surface area contributed by atoms with Crippen molar-refractivity contribution < 1.29 is 63.5 Å². The molecule has 64 heavy (non-hydrogen) atoms. The van der Waals surface area contributed by atoms with Gasteiger partial charge in [-0.3, -0.25) is 38.9 Å². The summed E-state index contributed by atoms with van der Waals surface area (Å²) in [5.41, 5.74) is -2.05. The number of aliphatic hydroxyl groups is 2. The molecule has 0 aromatic rings. The molecule has 0 aliphatic heterocycles. The van der Waals surface area contributed by atoms with Gasteiger partial charge in [-0.1, -0.05) is 41.5 Å². The lowest BCUT2D eigenvalue weighted by Gasteiger charge is -2.35. The lowest BCUT2D eigenvalue weighted by atomic mass is 9.68. The van der Waals surface area contributed by atoms with Crippen molar-refractivity contribution in [2.75, 3.05) is 55.8 Å². The van der Waals surface area contributed by atoms with E-state index >= 15 is 0 Å². The van der Waals surface area contributed by atoms with Crippen molar-refractivity contribution in [2.45, 2.75) is 156 Å². The first-order chi connectivity index (χ1) is 29.7. The zero-order valence-electron chi connectivity index (χ0n) is 39.6. The Morgan fingerprint density at radius 1 is 0.609 bits per heavy atom. The number of ether oxygens (including phenoxy) is 1. The lowest BCUT2D eigenvalue weighted by molar-refractivity contribution is -0.141. The zero-order valence-corrected chi connectivity index (χ0v) is 41.2. The minimum Gasteiger partial charge on any atom is -0.480 e. The normalized spacial score (nSPS) is 14.1. The van der Waals surface area contributed by atoms with Crippen molar-refractivity contribution in [1.82, 2.24) is 31.9 Å². The molecule has 0 aromatic heterocycles. The third-order valence-corrected chi connectivity index (χ3v) is 13.2. The van der Waals surface area contributed by atoms with E-state index in [1.807, 2.05) is 69.2 Å². The third kappa shape index (κ3) is 25.3. The van der Waals surface area contributed by atoms with Crippen molar-refractivity contribution in [3.63, 3.8) is 0 Å². The first kappa shape index (κ1) is 60.5. The highest BCUT2D eigenvalue weighted by Crippen LogP contribution is 2.37. The van der Waals surface area contributed by atoms with Gasteiger partial charge in [0.2, 0.25) is 23.6 Å². The van der Waals surface area contributed by atoms with E-state index in [1.54, 1.807) is 0 Å². The molecule has 21 heteroatoms. The number of carbonyl (C=O) groups is 8. The van der Waals surface area contributed by atoms with Gasteiger partial charge in [0.25, 0.3) is 5.91 Å². The number of aliphatic carboxylic acids is 2. The average molecular weight is 951 g/mol. The van der Waals surface area contributed by atoms with Crippen LogP contribution in [0.3, 0.4) is 0 Å². The smallest absolute Gasteiger partial charge is 0.327 e. The highest BCUT2D eigenvalue weighted by Gasteiger charge is 2.40. The number of carboxylic acid groups (broad SMARTS) is 2. The molecule has 0 bridgehead atoms. The summed E-state index contributed by atoms with van der Waals surface area (Å²) in [6.45, 7) is 19.6. The van der Waals surface area contributed by atoms with Gasteiger partial charge in [0.15, 0.2) is 6.10 Å². The number of Topliss-reactive ketones (excluding diaryl/α,β-unsaturated/α-hetero) is 1. The van der Waals surface area contributed by atoms with E-state index in [1.165, 1.54) is 11.8 Å². The Balaban J connectivity index is 4.40. The van der Waals surface area contributed by atoms with E-state index in [0.717, 1.165) is 31.0 Å². The number of thioether (sulfide) groups is 2. The summed E-state index contributed by atoms with van der Waals surface area (Å²) in [4.78, 5) is 98.1. The van der Waals surface area contributed by atoms with Crippen molar-refractivity contribution >= 4 is 70.8 Å². The maximum atomic E-state index is 13.2. The molecule has 0 fully saturated rings. The molecular formula is C43H78N6O13S2. The third-order valence-electron chi connectivity index (χ3n) is 11.1. The predicted molar refractivity (Wildman–Crippen MR) is 248 cm³/mol. The van der Waals surface area contributed by atoms with Gasteiger partial charge >= 0.3 is 11.9 Å². The molecule has 0 rings (SSSR count). The standard InChI is InChI=1S/C43H78N6O13S2/c1-11-41(6,7)49-29(38(59)60)25-64-27-34(54)45-20-19-44-31(51)15-14-30(50)35(55)36(56)47-22-21-46-33(53)26-63-24-28(37(57)58)48-32(52)16-17-42(8,9)62-23-18-40(4,5)39(61)43(10,12-2)13-3/h28-30,35,49-50,55H,11-27H2,1-10H3,(H,44,51)(H,45,54)(H,46,53)(H,47,56)(H,48,52)(H,57,58)(H,59,60)/t28?,29?,30?,35-/m0/s1. The number of carbonyl (C=O) groups excluding carboxylic acids is 6. The van der Waals surface area contributed by atoms with Crippen LogP contribution in [0.1, 0.15) is 121 Å². The largest absolute Gasteiger partial charge is 0.480 e. The van der Waals surface area contributed by atoms with Crippen LogP contribution in [0.5, 0.6) is 0 Å². The average Bonchev–Trinajstić information content (AvgIpc) is 3.23. The molecular weight excluding hydrogens is 873 g/mol.